The van der Waals surface area contributed by atoms with E-state index in [1.54, 1.807) is 100 Å². The summed E-state index contributed by atoms with van der Waals surface area (Å²) in [5.74, 6) is -2.07. The van der Waals surface area contributed by atoms with Crippen LogP contribution in [0.4, 0.5) is 5.69 Å². The summed E-state index contributed by atoms with van der Waals surface area (Å²) in [6.45, 7) is 7.03. The molecule has 7 nitrogen and oxygen atoms in total. The molecule has 5 rings (SSSR count). The summed E-state index contributed by atoms with van der Waals surface area (Å²) in [6.07, 6.45) is -0.123. The Morgan fingerprint density at radius 3 is 1.68 bits per heavy atom. The maximum atomic E-state index is 13.7. The number of ether oxygens (including phenoxy) is 2. The molecule has 1 amide bonds. The van der Waals surface area contributed by atoms with E-state index in [0.717, 1.165) is 5.56 Å². The molecule has 0 saturated heterocycles. The zero-order valence-electron chi connectivity index (χ0n) is 22.6. The molecular weight excluding hydrogens is 506 g/mol. The van der Waals surface area contributed by atoms with Gasteiger partial charge < -0.3 is 14.8 Å². The van der Waals surface area contributed by atoms with Gasteiger partial charge in [-0.05, 0) is 79.8 Å². The highest BCUT2D eigenvalue weighted by atomic mass is 16.5. The number of benzene rings is 4. The van der Waals surface area contributed by atoms with Crippen molar-refractivity contribution in [2.24, 2.45) is 0 Å². The van der Waals surface area contributed by atoms with E-state index >= 15 is 0 Å². The van der Waals surface area contributed by atoms with Gasteiger partial charge in [-0.15, -0.1) is 0 Å². The molecule has 4 aromatic carbocycles. The first-order valence-electron chi connectivity index (χ1n) is 12.8. The lowest BCUT2D eigenvalue weighted by molar-refractivity contribution is 0.0723. The van der Waals surface area contributed by atoms with E-state index in [4.69, 9.17) is 9.47 Å². The first-order chi connectivity index (χ1) is 19.2. The van der Waals surface area contributed by atoms with Crippen molar-refractivity contribution in [2.75, 3.05) is 5.32 Å². The number of hydrogen-bond acceptors (Lipinski definition) is 6. The number of Topliss-reactive ketones (excluding diaryl/α,β-unsaturated/α-hetero) is 1. The van der Waals surface area contributed by atoms with Gasteiger partial charge in [-0.3, -0.25) is 9.59 Å². The van der Waals surface area contributed by atoms with Crippen LogP contribution in [-0.2, 0) is 6.42 Å². The number of fused-ring (bicyclic) bond motifs is 4. The monoisotopic (exact) mass is 533 g/mol. The zero-order valence-corrected chi connectivity index (χ0v) is 22.6. The molecule has 1 aliphatic heterocycles. The molecule has 0 bridgehead atoms. The average molecular weight is 534 g/mol. The van der Waals surface area contributed by atoms with E-state index in [-0.39, 0.29) is 51.6 Å². The number of carbonyl (C=O) groups excluding carboxylic acids is 4. The molecule has 7 heteroatoms. The summed E-state index contributed by atoms with van der Waals surface area (Å²) < 4.78 is 11.7. The van der Waals surface area contributed by atoms with Crippen LogP contribution in [0, 0.1) is 27.7 Å². The number of esters is 2. The van der Waals surface area contributed by atoms with Crippen molar-refractivity contribution in [2.45, 2.75) is 34.1 Å². The normalized spacial score (nSPS) is 13.7. The Balaban J connectivity index is 1.73. The fourth-order valence-electron chi connectivity index (χ4n) is 4.84. The van der Waals surface area contributed by atoms with Crippen LogP contribution in [0.25, 0.3) is 0 Å². The predicted octanol–water partition coefficient (Wildman–Crippen LogP) is 6.35. The van der Waals surface area contributed by atoms with Crippen LogP contribution in [0.15, 0.2) is 72.8 Å². The molecule has 0 spiro atoms. The molecule has 0 aliphatic carbocycles. The third kappa shape index (κ3) is 4.89. The number of anilines is 1. The van der Waals surface area contributed by atoms with Crippen molar-refractivity contribution in [1.29, 1.82) is 0 Å². The van der Waals surface area contributed by atoms with Crippen molar-refractivity contribution in [1.82, 2.24) is 0 Å². The second kappa shape index (κ2) is 10.6. The van der Waals surface area contributed by atoms with Crippen LogP contribution >= 0.6 is 0 Å². The van der Waals surface area contributed by atoms with Crippen molar-refractivity contribution >= 4 is 29.3 Å². The van der Waals surface area contributed by atoms with Crippen molar-refractivity contribution in [3.8, 4) is 11.5 Å². The first-order valence-corrected chi connectivity index (χ1v) is 12.8. The molecule has 0 fully saturated rings. The number of para-hydroxylation sites is 3. The zero-order chi connectivity index (χ0) is 28.6. The van der Waals surface area contributed by atoms with Crippen LogP contribution in [-0.4, -0.2) is 23.6 Å². The molecular formula is C33H27NO6. The van der Waals surface area contributed by atoms with Gasteiger partial charge in [0.15, 0.2) is 5.78 Å². The molecule has 0 aromatic heterocycles. The maximum Gasteiger partial charge on any atom is 0.345 e. The fourth-order valence-corrected chi connectivity index (χ4v) is 4.84. The van der Waals surface area contributed by atoms with Gasteiger partial charge in [0.1, 0.15) is 11.5 Å². The van der Waals surface area contributed by atoms with Crippen LogP contribution in [0.1, 0.15) is 69.2 Å². The molecule has 0 saturated carbocycles. The molecule has 0 radical (unpaired) electrons. The smallest absolute Gasteiger partial charge is 0.345 e. The molecule has 200 valence electrons. The highest BCUT2D eigenvalue weighted by Gasteiger charge is 2.27. The van der Waals surface area contributed by atoms with E-state index in [2.05, 4.69) is 5.32 Å². The third-order valence-electron chi connectivity index (χ3n) is 7.06. The SMILES string of the molecule is Cc1cccc2c1CC(=O)c1cccc(C)c1OC(=O)c1cccc(C)c1NC(=O)c1cccc(C)c1OC2=O. The Morgan fingerprint density at radius 2 is 1.02 bits per heavy atom. The van der Waals surface area contributed by atoms with Gasteiger partial charge in [0, 0.05) is 6.42 Å². The van der Waals surface area contributed by atoms with Crippen molar-refractivity contribution in [3.63, 3.8) is 0 Å². The summed E-state index contributed by atoms with van der Waals surface area (Å²) in [5, 5.41) is 2.82. The molecule has 1 N–H and O–H groups in total. The van der Waals surface area contributed by atoms with Gasteiger partial charge in [-0.1, -0.05) is 48.5 Å². The van der Waals surface area contributed by atoms with Crippen molar-refractivity contribution in [3.05, 3.63) is 123 Å². The fraction of sp³-hybridized carbons (Fsp3) is 0.152. The molecule has 40 heavy (non-hydrogen) atoms. The van der Waals surface area contributed by atoms with Crippen molar-refractivity contribution < 1.29 is 28.7 Å². The van der Waals surface area contributed by atoms with Gasteiger partial charge in [0.05, 0.1) is 27.9 Å². The lowest BCUT2D eigenvalue weighted by atomic mass is 9.93. The molecule has 1 aliphatic rings. The summed E-state index contributed by atoms with van der Waals surface area (Å²) in [7, 11) is 0. The standard InChI is InChI=1S/C33H27NO6/c1-18-9-5-13-22-26(18)17-27(35)23-14-7-11-20(3)29(23)39-33(38)24-15-6-10-19(2)28(24)34-31(36)25-16-8-12-21(4)30(25)40-32(22)37/h5-16H,17H2,1-4H3,(H,34,36). The molecule has 4 aromatic rings. The Bertz CT molecular complexity index is 1460. The largest absolute Gasteiger partial charge is 0.422 e. The summed E-state index contributed by atoms with van der Waals surface area (Å²) in [4.78, 5) is 54.3. The number of ketones is 1. The van der Waals surface area contributed by atoms with Gasteiger partial charge in [-0.25, -0.2) is 9.59 Å². The highest BCUT2D eigenvalue weighted by Crippen LogP contribution is 2.32. The molecule has 0 unspecified atom stereocenters. The van der Waals surface area contributed by atoms with Gasteiger partial charge >= 0.3 is 11.9 Å². The van der Waals surface area contributed by atoms with E-state index in [1.807, 2.05) is 0 Å². The summed E-state index contributed by atoms with van der Waals surface area (Å²) in [5.41, 5.74) is 3.92. The lowest BCUT2D eigenvalue weighted by Gasteiger charge is -2.19. The van der Waals surface area contributed by atoms with Gasteiger partial charge in [-0.2, -0.15) is 0 Å². The third-order valence-corrected chi connectivity index (χ3v) is 7.06. The second-order valence-electron chi connectivity index (χ2n) is 9.83. The highest BCUT2D eigenvalue weighted by molar-refractivity contribution is 6.11. The predicted molar refractivity (Wildman–Crippen MR) is 151 cm³/mol. The van der Waals surface area contributed by atoms with Crippen LogP contribution in [0.5, 0.6) is 11.5 Å². The lowest BCUT2D eigenvalue weighted by Crippen LogP contribution is -2.22. The first kappa shape index (κ1) is 26.6. The van der Waals surface area contributed by atoms with E-state index in [9.17, 15) is 19.2 Å². The Morgan fingerprint density at radius 1 is 0.550 bits per heavy atom. The topological polar surface area (TPSA) is 98.8 Å². The van der Waals surface area contributed by atoms with Gasteiger partial charge in [0.25, 0.3) is 5.91 Å². The Hall–Kier alpha value is -5.04. The number of nitrogens with one attached hydrogen (secondary N) is 1. The number of rotatable bonds is 0. The van der Waals surface area contributed by atoms with Crippen LogP contribution < -0.4 is 14.8 Å². The molecule has 1 heterocycles. The van der Waals surface area contributed by atoms with E-state index < -0.39 is 17.8 Å². The minimum atomic E-state index is -0.720. The number of aryl methyl sites for hydroxylation is 4. The number of carbonyl (C=O) groups is 4. The quantitative estimate of drug-likeness (QED) is 0.209. The average Bonchev–Trinajstić information content (AvgIpc) is 2.92. The maximum absolute atomic E-state index is 13.7. The van der Waals surface area contributed by atoms with E-state index in [0.29, 0.717) is 22.3 Å². The number of amides is 1. The minimum Gasteiger partial charge on any atom is -0.422 e. The van der Waals surface area contributed by atoms with E-state index in [1.165, 1.54) is 0 Å². The summed E-state index contributed by atoms with van der Waals surface area (Å²) in [6, 6.07) is 20.1. The molecule has 0 atom stereocenters. The minimum absolute atomic E-state index is 0.0922. The Labute approximate surface area is 231 Å². The second-order valence-corrected chi connectivity index (χ2v) is 9.83. The van der Waals surface area contributed by atoms with Crippen LogP contribution in [0.3, 0.4) is 0 Å². The number of hydrogen-bond donors (Lipinski definition) is 1. The van der Waals surface area contributed by atoms with Gasteiger partial charge in [0.2, 0.25) is 0 Å². The summed E-state index contributed by atoms with van der Waals surface area (Å²) >= 11 is 0. The van der Waals surface area contributed by atoms with Crippen LogP contribution in [0.2, 0.25) is 0 Å². The Kier molecular flexibility index (Phi) is 7.05.